The molecule has 25 heavy (non-hydrogen) atoms. The van der Waals surface area contributed by atoms with E-state index < -0.39 is 11.7 Å². The van der Waals surface area contributed by atoms with Crippen LogP contribution in [0.15, 0.2) is 18.2 Å². The van der Waals surface area contributed by atoms with Gasteiger partial charge in [0.25, 0.3) is 0 Å². The van der Waals surface area contributed by atoms with E-state index in [4.69, 9.17) is 9.47 Å². The highest BCUT2D eigenvalue weighted by Crippen LogP contribution is 2.26. The number of amides is 2. The van der Waals surface area contributed by atoms with E-state index in [2.05, 4.69) is 10.6 Å². The fourth-order valence-electron chi connectivity index (χ4n) is 2.34. The zero-order chi connectivity index (χ0) is 19.0. The van der Waals surface area contributed by atoms with Gasteiger partial charge in [-0.2, -0.15) is 0 Å². The maximum Gasteiger partial charge on any atom is 0.407 e. The van der Waals surface area contributed by atoms with Crippen LogP contribution in [0, 0.1) is 6.92 Å². The van der Waals surface area contributed by atoms with E-state index in [1.165, 1.54) is 0 Å². The van der Waals surface area contributed by atoms with Crippen molar-refractivity contribution in [3.05, 3.63) is 29.3 Å². The lowest BCUT2D eigenvalue weighted by atomic mass is 10.0. The quantitative estimate of drug-likeness (QED) is 0.738. The summed E-state index contributed by atoms with van der Waals surface area (Å²) in [5.74, 6) is 0.687. The number of hydrogen-bond acceptors (Lipinski definition) is 4. The molecule has 0 aliphatic carbocycles. The number of aryl methyl sites for hydroxylation is 1. The van der Waals surface area contributed by atoms with E-state index >= 15 is 0 Å². The van der Waals surface area contributed by atoms with E-state index in [9.17, 15) is 9.59 Å². The highest BCUT2D eigenvalue weighted by molar-refractivity contribution is 5.76. The first-order valence-corrected chi connectivity index (χ1v) is 8.53. The molecule has 0 radical (unpaired) electrons. The highest BCUT2D eigenvalue weighted by atomic mass is 16.6. The molecule has 0 aromatic heterocycles. The molecule has 6 nitrogen and oxygen atoms in total. The van der Waals surface area contributed by atoms with Crippen LogP contribution in [0.25, 0.3) is 0 Å². The van der Waals surface area contributed by atoms with Crippen LogP contribution in [-0.2, 0) is 9.53 Å². The van der Waals surface area contributed by atoms with Crippen LogP contribution in [0.5, 0.6) is 5.75 Å². The molecule has 0 saturated carbocycles. The van der Waals surface area contributed by atoms with Crippen molar-refractivity contribution in [3.63, 3.8) is 0 Å². The minimum atomic E-state index is -0.524. The van der Waals surface area contributed by atoms with Gasteiger partial charge in [-0.3, -0.25) is 4.79 Å². The van der Waals surface area contributed by atoms with Crippen LogP contribution in [0.2, 0.25) is 0 Å². The van der Waals surface area contributed by atoms with Crippen molar-refractivity contribution in [2.75, 3.05) is 13.7 Å². The van der Waals surface area contributed by atoms with Crippen LogP contribution in [0.4, 0.5) is 4.79 Å². The molecule has 2 N–H and O–H groups in total. The molecule has 1 unspecified atom stereocenters. The molecule has 140 valence electrons. The molecule has 0 saturated heterocycles. The second-order valence-corrected chi connectivity index (χ2v) is 7.07. The SMILES string of the molecule is COc1ccc(C)cc1C(C)NC(=O)CCCNC(=O)OC(C)(C)C. The zero-order valence-corrected chi connectivity index (χ0v) is 16.1. The van der Waals surface area contributed by atoms with E-state index in [0.29, 0.717) is 19.4 Å². The van der Waals surface area contributed by atoms with Crippen LogP contribution in [0.3, 0.4) is 0 Å². The second-order valence-electron chi connectivity index (χ2n) is 7.07. The Kier molecular flexibility index (Phi) is 7.74. The lowest BCUT2D eigenvalue weighted by Crippen LogP contribution is -2.33. The van der Waals surface area contributed by atoms with Crippen molar-refractivity contribution >= 4 is 12.0 Å². The fourth-order valence-corrected chi connectivity index (χ4v) is 2.34. The Morgan fingerprint density at radius 2 is 1.92 bits per heavy atom. The monoisotopic (exact) mass is 350 g/mol. The Labute approximate surface area is 150 Å². The Morgan fingerprint density at radius 1 is 1.24 bits per heavy atom. The Hall–Kier alpha value is -2.24. The number of nitrogens with one attached hydrogen (secondary N) is 2. The van der Waals surface area contributed by atoms with Gasteiger partial charge in [0.05, 0.1) is 13.2 Å². The second kappa shape index (κ2) is 9.30. The molecule has 0 heterocycles. The summed E-state index contributed by atoms with van der Waals surface area (Å²) in [6.45, 7) is 9.74. The third-order valence-corrected chi connectivity index (χ3v) is 3.48. The number of carbonyl (C=O) groups is 2. The Morgan fingerprint density at radius 3 is 2.52 bits per heavy atom. The first kappa shape index (κ1) is 20.8. The number of rotatable bonds is 7. The molecular weight excluding hydrogens is 320 g/mol. The van der Waals surface area contributed by atoms with E-state index in [0.717, 1.165) is 16.9 Å². The lowest BCUT2D eigenvalue weighted by Gasteiger charge is -2.20. The summed E-state index contributed by atoms with van der Waals surface area (Å²) in [6.07, 6.45) is 0.405. The molecule has 0 spiro atoms. The molecule has 2 amide bonds. The first-order chi connectivity index (χ1) is 11.6. The smallest absolute Gasteiger partial charge is 0.407 e. The van der Waals surface area contributed by atoms with Gasteiger partial charge in [-0.1, -0.05) is 17.7 Å². The van der Waals surface area contributed by atoms with E-state index in [1.807, 2.05) is 32.0 Å². The van der Waals surface area contributed by atoms with Gasteiger partial charge >= 0.3 is 6.09 Å². The number of benzene rings is 1. The van der Waals surface area contributed by atoms with Gasteiger partial charge in [-0.05, 0) is 47.1 Å². The molecular formula is C19H30N2O4. The third kappa shape index (κ3) is 7.92. The molecule has 0 aliphatic rings. The topological polar surface area (TPSA) is 76.7 Å². The normalized spacial score (nSPS) is 12.2. The van der Waals surface area contributed by atoms with Crippen molar-refractivity contribution < 1.29 is 19.1 Å². The summed E-state index contributed by atoms with van der Waals surface area (Å²) in [5, 5.41) is 5.61. The fraction of sp³-hybridized carbons (Fsp3) is 0.579. The number of methoxy groups -OCH3 is 1. The van der Waals surface area contributed by atoms with Crippen molar-refractivity contribution in [3.8, 4) is 5.75 Å². The molecule has 1 atom stereocenters. The summed E-state index contributed by atoms with van der Waals surface area (Å²) in [7, 11) is 1.62. The van der Waals surface area contributed by atoms with Crippen molar-refractivity contribution in [2.24, 2.45) is 0 Å². The molecule has 6 heteroatoms. The number of hydrogen-bond donors (Lipinski definition) is 2. The van der Waals surface area contributed by atoms with Crippen LogP contribution in [0.1, 0.15) is 57.7 Å². The van der Waals surface area contributed by atoms with Crippen molar-refractivity contribution in [1.29, 1.82) is 0 Å². The standard InChI is InChI=1S/C19H30N2O4/c1-13-9-10-16(24-6)15(12-13)14(2)21-17(22)8-7-11-20-18(23)25-19(3,4)5/h9-10,12,14H,7-8,11H2,1-6H3,(H,20,23)(H,21,22). The maximum absolute atomic E-state index is 12.1. The van der Waals surface area contributed by atoms with Gasteiger partial charge in [0.15, 0.2) is 0 Å². The lowest BCUT2D eigenvalue weighted by molar-refractivity contribution is -0.121. The molecule has 0 bridgehead atoms. The zero-order valence-electron chi connectivity index (χ0n) is 16.1. The molecule has 0 aliphatic heterocycles. The number of alkyl carbamates (subject to hydrolysis) is 1. The van der Waals surface area contributed by atoms with Crippen molar-refractivity contribution in [2.45, 2.75) is 59.1 Å². The van der Waals surface area contributed by atoms with Crippen LogP contribution >= 0.6 is 0 Å². The Balaban J connectivity index is 2.40. The molecule has 1 aromatic carbocycles. The predicted molar refractivity (Wildman–Crippen MR) is 97.8 cm³/mol. The minimum absolute atomic E-state index is 0.0675. The van der Waals surface area contributed by atoms with E-state index in [1.54, 1.807) is 27.9 Å². The Bertz CT molecular complexity index is 594. The average molecular weight is 350 g/mol. The van der Waals surface area contributed by atoms with Gasteiger partial charge in [-0.25, -0.2) is 4.79 Å². The number of ether oxygens (including phenoxy) is 2. The summed E-state index contributed by atoms with van der Waals surface area (Å²) in [5.41, 5.74) is 1.53. The van der Waals surface area contributed by atoms with E-state index in [-0.39, 0.29) is 11.9 Å². The number of carbonyl (C=O) groups excluding carboxylic acids is 2. The molecule has 0 fully saturated rings. The maximum atomic E-state index is 12.1. The first-order valence-electron chi connectivity index (χ1n) is 8.53. The molecule has 1 rings (SSSR count). The average Bonchev–Trinajstić information content (AvgIpc) is 2.49. The summed E-state index contributed by atoms with van der Waals surface area (Å²) in [4.78, 5) is 23.6. The van der Waals surface area contributed by atoms with Crippen LogP contribution < -0.4 is 15.4 Å². The minimum Gasteiger partial charge on any atom is -0.496 e. The van der Waals surface area contributed by atoms with Gasteiger partial charge < -0.3 is 20.1 Å². The van der Waals surface area contributed by atoms with Gasteiger partial charge in [0, 0.05) is 18.5 Å². The summed E-state index contributed by atoms with van der Waals surface area (Å²) in [6, 6.07) is 5.73. The summed E-state index contributed by atoms with van der Waals surface area (Å²) >= 11 is 0. The van der Waals surface area contributed by atoms with Gasteiger partial charge in [0.1, 0.15) is 11.4 Å². The molecule has 1 aromatic rings. The van der Waals surface area contributed by atoms with Crippen molar-refractivity contribution in [1.82, 2.24) is 10.6 Å². The predicted octanol–water partition coefficient (Wildman–Crippen LogP) is 3.49. The summed E-state index contributed by atoms with van der Waals surface area (Å²) < 4.78 is 10.5. The highest BCUT2D eigenvalue weighted by Gasteiger charge is 2.16. The van der Waals surface area contributed by atoms with Crippen LogP contribution in [-0.4, -0.2) is 31.3 Å². The van der Waals surface area contributed by atoms with Gasteiger partial charge in [0.2, 0.25) is 5.91 Å². The largest absolute Gasteiger partial charge is 0.496 e. The third-order valence-electron chi connectivity index (χ3n) is 3.48. The van der Waals surface area contributed by atoms with Gasteiger partial charge in [-0.15, -0.1) is 0 Å².